The number of carbonyl (C=O) groups excluding carboxylic acids is 1. The third-order valence-corrected chi connectivity index (χ3v) is 5.17. The number of pyridine rings is 1. The molecule has 1 amide bonds. The van der Waals surface area contributed by atoms with Gasteiger partial charge < -0.3 is 9.64 Å². The largest absolute Gasteiger partial charge is 0.381 e. The summed E-state index contributed by atoms with van der Waals surface area (Å²) in [6, 6.07) is 2.55. The van der Waals surface area contributed by atoms with Crippen LogP contribution >= 0.6 is 0 Å². The van der Waals surface area contributed by atoms with Gasteiger partial charge in [0.15, 0.2) is 0 Å². The molecule has 3 rings (SSSR count). The van der Waals surface area contributed by atoms with Gasteiger partial charge in [-0.25, -0.2) is 0 Å². The van der Waals surface area contributed by atoms with Gasteiger partial charge in [-0.2, -0.15) is 0 Å². The van der Waals surface area contributed by atoms with Crippen molar-refractivity contribution in [1.82, 2.24) is 14.8 Å². The van der Waals surface area contributed by atoms with Gasteiger partial charge in [0.05, 0.1) is 6.04 Å². The molecule has 0 N–H and O–H groups in total. The van der Waals surface area contributed by atoms with Crippen LogP contribution in [-0.2, 0) is 16.1 Å². The van der Waals surface area contributed by atoms with Crippen molar-refractivity contribution < 1.29 is 9.53 Å². The fraction of sp³-hybridized carbons (Fsp3) is 0.667. The monoisotopic (exact) mass is 317 g/mol. The predicted octanol–water partition coefficient (Wildman–Crippen LogP) is 1.99. The van der Waals surface area contributed by atoms with Crippen molar-refractivity contribution in [3.63, 3.8) is 0 Å². The van der Waals surface area contributed by atoms with Gasteiger partial charge in [0.1, 0.15) is 0 Å². The number of likely N-dealkylation sites (N-methyl/N-ethyl adjacent to an activating group) is 1. The van der Waals surface area contributed by atoms with Gasteiger partial charge in [-0.1, -0.05) is 0 Å². The number of aromatic nitrogens is 1. The van der Waals surface area contributed by atoms with Crippen LogP contribution in [0.15, 0.2) is 18.5 Å². The average molecular weight is 317 g/mol. The summed E-state index contributed by atoms with van der Waals surface area (Å²) in [6.45, 7) is 5.40. The van der Waals surface area contributed by atoms with Crippen LogP contribution in [0.25, 0.3) is 0 Å². The van der Waals surface area contributed by atoms with E-state index in [0.29, 0.717) is 12.6 Å². The van der Waals surface area contributed by atoms with Crippen LogP contribution < -0.4 is 0 Å². The highest BCUT2D eigenvalue weighted by atomic mass is 16.5. The number of carbonyl (C=O) groups is 1. The maximum absolute atomic E-state index is 12.9. The fourth-order valence-electron chi connectivity index (χ4n) is 3.76. The molecule has 2 fully saturated rings. The van der Waals surface area contributed by atoms with Crippen molar-refractivity contribution >= 4 is 5.91 Å². The molecule has 2 aliphatic rings. The molecular weight excluding hydrogens is 290 g/mol. The highest BCUT2D eigenvalue weighted by molar-refractivity contribution is 5.82. The molecule has 0 aromatic carbocycles. The Labute approximate surface area is 138 Å². The van der Waals surface area contributed by atoms with Crippen LogP contribution in [0.3, 0.4) is 0 Å². The van der Waals surface area contributed by atoms with Gasteiger partial charge in [-0.15, -0.1) is 0 Å². The van der Waals surface area contributed by atoms with Crippen molar-refractivity contribution in [3.05, 3.63) is 29.6 Å². The van der Waals surface area contributed by atoms with Gasteiger partial charge in [0.25, 0.3) is 0 Å². The smallest absolute Gasteiger partial charge is 0.239 e. The Hall–Kier alpha value is -1.46. The molecule has 0 saturated carbocycles. The number of likely N-dealkylation sites (tertiary alicyclic amines) is 1. The molecule has 5 heteroatoms. The van der Waals surface area contributed by atoms with Crippen LogP contribution in [0.4, 0.5) is 0 Å². The normalized spacial score (nSPS) is 23.1. The summed E-state index contributed by atoms with van der Waals surface area (Å²) >= 11 is 0. The minimum Gasteiger partial charge on any atom is -0.381 e. The summed E-state index contributed by atoms with van der Waals surface area (Å²) < 4.78 is 5.47. The lowest BCUT2D eigenvalue weighted by Crippen LogP contribution is -2.49. The number of hydrogen-bond donors (Lipinski definition) is 0. The third kappa shape index (κ3) is 3.72. The lowest BCUT2D eigenvalue weighted by Gasteiger charge is -2.36. The number of nitrogens with zero attached hydrogens (tertiary/aromatic N) is 3. The van der Waals surface area contributed by atoms with E-state index in [1.165, 1.54) is 5.56 Å². The molecule has 5 nitrogen and oxygen atoms in total. The molecule has 0 aliphatic carbocycles. The number of hydrogen-bond acceptors (Lipinski definition) is 4. The van der Waals surface area contributed by atoms with Gasteiger partial charge >= 0.3 is 0 Å². The van der Waals surface area contributed by atoms with Gasteiger partial charge in [-0.05, 0) is 56.3 Å². The molecule has 1 atom stereocenters. The van der Waals surface area contributed by atoms with E-state index < -0.39 is 0 Å². The second-order valence-electron chi connectivity index (χ2n) is 6.74. The predicted molar refractivity (Wildman–Crippen MR) is 89.0 cm³/mol. The molecule has 0 spiro atoms. The van der Waals surface area contributed by atoms with E-state index >= 15 is 0 Å². The quantitative estimate of drug-likeness (QED) is 0.852. The highest BCUT2D eigenvalue weighted by Gasteiger charge is 2.37. The molecular formula is C18H27N3O2. The Morgan fingerprint density at radius 3 is 2.91 bits per heavy atom. The summed E-state index contributed by atoms with van der Waals surface area (Å²) in [4.78, 5) is 21.4. The first-order valence-electron chi connectivity index (χ1n) is 8.65. The summed E-state index contributed by atoms with van der Waals surface area (Å²) in [5, 5.41) is 0. The molecule has 126 valence electrons. The molecule has 0 bridgehead atoms. The minimum atomic E-state index is 0.0417. The first-order valence-corrected chi connectivity index (χ1v) is 8.65. The summed E-state index contributed by atoms with van der Waals surface area (Å²) in [5.74, 6) is 0.247. The zero-order valence-electron chi connectivity index (χ0n) is 14.2. The Morgan fingerprint density at radius 1 is 1.39 bits per heavy atom. The summed E-state index contributed by atoms with van der Waals surface area (Å²) in [7, 11) is 1.91. The zero-order valence-corrected chi connectivity index (χ0v) is 14.2. The molecule has 23 heavy (non-hydrogen) atoms. The molecule has 1 aromatic rings. The lowest BCUT2D eigenvalue weighted by molar-refractivity contribution is -0.136. The van der Waals surface area contributed by atoms with E-state index in [1.807, 2.05) is 24.2 Å². The zero-order chi connectivity index (χ0) is 16.2. The Kier molecular flexibility index (Phi) is 5.28. The molecule has 2 aliphatic heterocycles. The molecule has 2 saturated heterocycles. The van der Waals surface area contributed by atoms with Gasteiger partial charge in [0.2, 0.25) is 5.91 Å². The highest BCUT2D eigenvalue weighted by Crippen LogP contribution is 2.26. The van der Waals surface area contributed by atoms with Crippen molar-refractivity contribution in [3.8, 4) is 0 Å². The van der Waals surface area contributed by atoms with Crippen molar-refractivity contribution in [1.29, 1.82) is 0 Å². The fourth-order valence-corrected chi connectivity index (χ4v) is 3.76. The van der Waals surface area contributed by atoms with E-state index in [0.717, 1.165) is 51.0 Å². The van der Waals surface area contributed by atoms with Crippen molar-refractivity contribution in [2.45, 2.75) is 51.2 Å². The minimum absolute atomic E-state index is 0.0417. The van der Waals surface area contributed by atoms with Gasteiger partial charge in [0, 0.05) is 45.2 Å². The van der Waals surface area contributed by atoms with Gasteiger partial charge in [-0.3, -0.25) is 14.7 Å². The van der Waals surface area contributed by atoms with Crippen LogP contribution in [0, 0.1) is 6.92 Å². The lowest BCUT2D eigenvalue weighted by atomic mass is 10.0. The van der Waals surface area contributed by atoms with Crippen LogP contribution in [0.5, 0.6) is 0 Å². The van der Waals surface area contributed by atoms with Crippen LogP contribution in [0.2, 0.25) is 0 Å². The second-order valence-corrected chi connectivity index (χ2v) is 6.74. The first-order chi connectivity index (χ1) is 11.2. The number of ether oxygens (including phenoxy) is 1. The van der Waals surface area contributed by atoms with Crippen molar-refractivity contribution in [2.75, 3.05) is 26.8 Å². The molecule has 0 radical (unpaired) electrons. The van der Waals surface area contributed by atoms with E-state index in [-0.39, 0.29) is 11.9 Å². The molecule has 0 unspecified atom stereocenters. The topological polar surface area (TPSA) is 45.7 Å². The summed E-state index contributed by atoms with van der Waals surface area (Å²) in [5.41, 5.74) is 2.31. The first kappa shape index (κ1) is 16.4. The van der Waals surface area contributed by atoms with E-state index in [1.54, 1.807) is 6.20 Å². The van der Waals surface area contributed by atoms with Crippen LogP contribution in [0.1, 0.15) is 36.8 Å². The van der Waals surface area contributed by atoms with E-state index in [4.69, 9.17) is 4.74 Å². The average Bonchev–Trinajstić information content (AvgIpc) is 3.06. The maximum atomic E-state index is 12.9. The number of aryl methyl sites for hydroxylation is 1. The Morgan fingerprint density at radius 2 is 2.17 bits per heavy atom. The molecule has 1 aromatic heterocycles. The standard InChI is InChI=1S/C18H27N3O2/c1-14-5-8-19-12-15(14)13-20(2)18(22)17-4-3-9-21(17)16-6-10-23-11-7-16/h5,8,12,16-17H,3-4,6-7,9-11,13H2,1-2H3/t17-/m0/s1. The number of amides is 1. The summed E-state index contributed by atoms with van der Waals surface area (Å²) in [6.07, 6.45) is 7.86. The Bertz CT molecular complexity index is 543. The molecule has 3 heterocycles. The second kappa shape index (κ2) is 7.41. The maximum Gasteiger partial charge on any atom is 0.239 e. The van der Waals surface area contributed by atoms with Crippen LogP contribution in [-0.4, -0.2) is 59.6 Å². The van der Waals surface area contributed by atoms with E-state index in [2.05, 4.69) is 16.8 Å². The van der Waals surface area contributed by atoms with E-state index in [9.17, 15) is 4.79 Å². The third-order valence-electron chi connectivity index (χ3n) is 5.17. The SMILES string of the molecule is Cc1ccncc1CN(C)C(=O)[C@@H]1CCCN1C1CCOCC1. The van der Waals surface area contributed by atoms with Crippen molar-refractivity contribution in [2.24, 2.45) is 0 Å². The number of rotatable bonds is 4. The Balaban J connectivity index is 1.65.